The number of ether oxygens (including phenoxy) is 4. The molecule has 0 aliphatic carbocycles. The Morgan fingerprint density at radius 3 is 2.07 bits per heavy atom. The number of fused-ring (bicyclic) bond motifs is 1. The van der Waals surface area contributed by atoms with Gasteiger partial charge in [0.15, 0.2) is 29.8 Å². The number of rotatable bonds is 6. The number of phenols is 4. The van der Waals surface area contributed by atoms with Crippen LogP contribution in [0, 0.1) is 0 Å². The van der Waals surface area contributed by atoms with Crippen LogP contribution in [0.4, 0.5) is 0 Å². The van der Waals surface area contributed by atoms with Gasteiger partial charge in [0.2, 0.25) is 11.2 Å². The van der Waals surface area contributed by atoms with Gasteiger partial charge < -0.3 is 74.4 Å². The minimum Gasteiger partial charge on any atom is -0.508 e. The molecule has 2 saturated heterocycles. The number of hydrogen-bond donors (Lipinski definition) is 10. The van der Waals surface area contributed by atoms with Gasteiger partial charge in [0.1, 0.15) is 71.8 Å². The summed E-state index contributed by atoms with van der Waals surface area (Å²) in [6.07, 6.45) is -16.4. The normalized spacial score (nSPS) is 33.0. The second-order valence-electron chi connectivity index (χ2n) is 10.3. The van der Waals surface area contributed by atoms with Gasteiger partial charge in [-0.25, -0.2) is 0 Å². The van der Waals surface area contributed by atoms with Gasteiger partial charge in [0.25, 0.3) is 0 Å². The SMILES string of the molecule is C[C@H]1O[C@@H](O[C@@H]2O[C@H](COc3c(-c4ccc(O)c(O)c4)oc4cc(O)cc(O)c4c3=O)[C@@H](O)[C@H](O)[C@H]2O)[C@@H](O)[C@@H](O)[C@@H]1O. The van der Waals surface area contributed by atoms with Gasteiger partial charge in [-0.2, -0.15) is 0 Å². The highest BCUT2D eigenvalue weighted by Gasteiger charge is 2.49. The third-order valence-electron chi connectivity index (χ3n) is 7.29. The van der Waals surface area contributed by atoms with Crippen LogP contribution in [0.25, 0.3) is 22.3 Å². The van der Waals surface area contributed by atoms with Crippen molar-refractivity contribution in [3.63, 3.8) is 0 Å². The second kappa shape index (κ2) is 11.8. The second-order valence-corrected chi connectivity index (χ2v) is 10.3. The van der Waals surface area contributed by atoms with Crippen LogP contribution in [0.3, 0.4) is 0 Å². The Hall–Kier alpha value is -3.71. The van der Waals surface area contributed by atoms with E-state index in [1.54, 1.807) is 0 Å². The molecule has 0 saturated carbocycles. The molecule has 0 unspecified atom stereocenters. The Morgan fingerprint density at radius 2 is 1.40 bits per heavy atom. The maximum atomic E-state index is 13.5. The fraction of sp³-hybridized carbons (Fsp3) is 0.444. The van der Waals surface area contributed by atoms with E-state index >= 15 is 0 Å². The zero-order valence-corrected chi connectivity index (χ0v) is 22.3. The smallest absolute Gasteiger partial charge is 0.239 e. The van der Waals surface area contributed by atoms with Crippen molar-refractivity contribution in [2.24, 2.45) is 0 Å². The molecule has 2 aliphatic heterocycles. The summed E-state index contributed by atoms with van der Waals surface area (Å²) in [5.41, 5.74) is -1.18. The molecular weight excluding hydrogens is 580 g/mol. The van der Waals surface area contributed by atoms with Gasteiger partial charge >= 0.3 is 0 Å². The predicted molar refractivity (Wildman–Crippen MR) is 140 cm³/mol. The van der Waals surface area contributed by atoms with E-state index in [0.717, 1.165) is 24.3 Å². The molecule has 3 heterocycles. The zero-order chi connectivity index (χ0) is 31.3. The molecule has 1 aromatic heterocycles. The molecule has 0 amide bonds. The molecule has 0 radical (unpaired) electrons. The molecule has 16 heteroatoms. The van der Waals surface area contributed by atoms with E-state index in [9.17, 15) is 55.9 Å². The molecule has 234 valence electrons. The third-order valence-corrected chi connectivity index (χ3v) is 7.29. The highest BCUT2D eigenvalue weighted by atomic mass is 16.8. The third kappa shape index (κ3) is 5.67. The average molecular weight is 611 g/mol. The van der Waals surface area contributed by atoms with Gasteiger partial charge in [-0.05, 0) is 25.1 Å². The van der Waals surface area contributed by atoms with E-state index in [1.807, 2.05) is 0 Å². The lowest BCUT2D eigenvalue weighted by molar-refractivity contribution is -0.373. The Bertz CT molecular complexity index is 1540. The van der Waals surface area contributed by atoms with Gasteiger partial charge in [0, 0.05) is 17.7 Å². The molecule has 10 N–H and O–H groups in total. The fourth-order valence-electron chi connectivity index (χ4n) is 4.84. The average Bonchev–Trinajstić information content (AvgIpc) is 2.95. The molecule has 0 bridgehead atoms. The summed E-state index contributed by atoms with van der Waals surface area (Å²) in [5, 5.41) is 101. The molecule has 2 fully saturated rings. The number of benzene rings is 2. The first-order valence-electron chi connectivity index (χ1n) is 13.0. The summed E-state index contributed by atoms with van der Waals surface area (Å²) >= 11 is 0. The van der Waals surface area contributed by atoms with Crippen LogP contribution in [0.15, 0.2) is 39.5 Å². The summed E-state index contributed by atoms with van der Waals surface area (Å²) in [6, 6.07) is 5.36. The lowest BCUT2D eigenvalue weighted by Gasteiger charge is -2.44. The molecule has 5 rings (SSSR count). The van der Waals surface area contributed by atoms with E-state index in [0.29, 0.717) is 0 Å². The number of phenolic OH excluding ortho intramolecular Hbond substituents is 4. The van der Waals surface area contributed by atoms with E-state index in [-0.39, 0.29) is 22.3 Å². The molecule has 16 nitrogen and oxygen atoms in total. The summed E-state index contributed by atoms with van der Waals surface area (Å²) in [7, 11) is 0. The van der Waals surface area contributed by atoms with Crippen LogP contribution in [0.5, 0.6) is 28.7 Å². The first-order chi connectivity index (χ1) is 20.3. The van der Waals surface area contributed by atoms with Crippen LogP contribution >= 0.6 is 0 Å². The Morgan fingerprint density at radius 1 is 0.744 bits per heavy atom. The molecule has 43 heavy (non-hydrogen) atoms. The zero-order valence-electron chi connectivity index (χ0n) is 22.3. The van der Waals surface area contributed by atoms with Crippen LogP contribution < -0.4 is 10.2 Å². The molecule has 3 aromatic rings. The fourth-order valence-corrected chi connectivity index (χ4v) is 4.84. The van der Waals surface area contributed by atoms with Gasteiger partial charge in [-0.15, -0.1) is 0 Å². The van der Waals surface area contributed by atoms with E-state index in [1.165, 1.54) is 13.0 Å². The van der Waals surface area contributed by atoms with Crippen molar-refractivity contribution in [1.29, 1.82) is 0 Å². The van der Waals surface area contributed by atoms with Crippen molar-refractivity contribution in [1.82, 2.24) is 0 Å². The summed E-state index contributed by atoms with van der Waals surface area (Å²) in [6.45, 7) is 0.687. The van der Waals surface area contributed by atoms with E-state index < -0.39 is 102 Å². The lowest BCUT2D eigenvalue weighted by Crippen LogP contribution is -2.63. The quantitative estimate of drug-likeness (QED) is 0.140. The number of aromatic hydroxyl groups is 4. The molecule has 2 aromatic carbocycles. The monoisotopic (exact) mass is 610 g/mol. The highest BCUT2D eigenvalue weighted by Crippen LogP contribution is 2.39. The minimum absolute atomic E-state index is 0.0206. The van der Waals surface area contributed by atoms with Crippen LogP contribution in [-0.2, 0) is 14.2 Å². The molecule has 2 aliphatic rings. The number of aliphatic hydroxyl groups is 6. The highest BCUT2D eigenvalue weighted by molar-refractivity contribution is 5.88. The number of hydrogen-bond acceptors (Lipinski definition) is 16. The van der Waals surface area contributed by atoms with Crippen molar-refractivity contribution >= 4 is 11.0 Å². The maximum absolute atomic E-state index is 13.5. The Labute approximate surface area is 241 Å². The predicted octanol–water partition coefficient (Wildman–Crippen LogP) is -1.69. The molecular formula is C27H30O16. The van der Waals surface area contributed by atoms with Crippen LogP contribution in [0.2, 0.25) is 0 Å². The summed E-state index contributed by atoms with van der Waals surface area (Å²) in [4.78, 5) is 13.5. The Kier molecular flexibility index (Phi) is 8.41. The topological polar surface area (TPSA) is 269 Å². The summed E-state index contributed by atoms with van der Waals surface area (Å²) in [5.74, 6) is -3.02. The van der Waals surface area contributed by atoms with Crippen molar-refractivity contribution in [2.75, 3.05) is 6.61 Å². The summed E-state index contributed by atoms with van der Waals surface area (Å²) < 4.78 is 27.8. The molecule has 0 spiro atoms. The van der Waals surface area contributed by atoms with Crippen LogP contribution in [-0.4, -0.2) is 119 Å². The molecule has 10 atom stereocenters. The van der Waals surface area contributed by atoms with E-state index in [2.05, 4.69) is 0 Å². The minimum atomic E-state index is -1.89. The van der Waals surface area contributed by atoms with Crippen molar-refractivity contribution in [3.05, 3.63) is 40.6 Å². The largest absolute Gasteiger partial charge is 0.508 e. The van der Waals surface area contributed by atoms with Gasteiger partial charge in [-0.3, -0.25) is 4.79 Å². The van der Waals surface area contributed by atoms with Gasteiger partial charge in [-0.1, -0.05) is 0 Å². The van der Waals surface area contributed by atoms with Gasteiger partial charge in [0.05, 0.1) is 6.10 Å². The first-order valence-corrected chi connectivity index (χ1v) is 13.0. The van der Waals surface area contributed by atoms with Crippen molar-refractivity contribution in [2.45, 2.75) is 68.3 Å². The van der Waals surface area contributed by atoms with E-state index in [4.69, 9.17) is 23.4 Å². The Balaban J connectivity index is 1.45. The van der Waals surface area contributed by atoms with Crippen LogP contribution in [0.1, 0.15) is 6.92 Å². The van der Waals surface area contributed by atoms with Crippen molar-refractivity contribution < 1.29 is 74.4 Å². The standard InChI is InChI=1S/C27H30O16/c1-8-17(32)20(35)22(37)26(40-8)43-27-23(38)21(36)18(33)15(42-27)7-39-25-19(34)16-13(31)5-10(28)6-14(16)41-24(25)9-2-3-11(29)12(30)4-9/h2-6,8,15,17-18,20-23,26-33,35-38H,7H2,1H3/t8-,15-,17-,18-,20+,21+,22+,23-,26+,27+/m1/s1. The number of aliphatic hydroxyl groups excluding tert-OH is 6. The first kappa shape index (κ1) is 30.7. The maximum Gasteiger partial charge on any atom is 0.239 e. The lowest BCUT2D eigenvalue weighted by atomic mass is 9.98. The van der Waals surface area contributed by atoms with Crippen molar-refractivity contribution in [3.8, 4) is 40.1 Å².